The predicted molar refractivity (Wildman–Crippen MR) is 98.9 cm³/mol. The van der Waals surface area contributed by atoms with E-state index < -0.39 is 37.2 Å². The van der Waals surface area contributed by atoms with Crippen molar-refractivity contribution >= 4 is 17.6 Å². The first kappa shape index (κ1) is 15.9. The number of benzene rings is 1. The molecular weight excluding hydrogens is 370 g/mol. The molecule has 0 saturated carbocycles. The van der Waals surface area contributed by atoms with Gasteiger partial charge in [0.05, 0.1) is 10.2 Å². The molecule has 9 heteroatoms. The number of ether oxygens (including phenoxy) is 2. The first-order chi connectivity index (χ1) is 14.5. The number of methoxy groups -OCH3 is 1. The Hall–Kier alpha value is -3.07. The fourth-order valence-corrected chi connectivity index (χ4v) is 2.78. The largest absolute Gasteiger partial charge is 0.460 e. The van der Waals surface area contributed by atoms with Crippen LogP contribution in [0.2, 0.25) is 0 Å². The molecule has 7 nitrogen and oxygen atoms in total. The first-order valence-electron chi connectivity index (χ1n) is 9.88. The number of carbonyl (C=O) groups is 1. The van der Waals surface area contributed by atoms with Crippen LogP contribution < -0.4 is 10.6 Å². The average molecular weight is 393 g/mol. The Labute approximate surface area is 164 Å². The number of nitrogens with zero attached hydrogens (tertiary/aromatic N) is 2. The quantitative estimate of drug-likeness (QED) is 0.425. The standard InChI is InChI=1S/C19H20F2N4O3/c1-27-13-8-25(9-13)19-15(20)5-12(7-24-19)14-4-2-3-11(18(14)21)10-28-17(26)6-16(22)23/h2-5,7,13H,6,8-10H2,1H3,(H3,22,23)/i1D3. The number of halogens is 2. The fourth-order valence-electron chi connectivity index (χ4n) is 2.78. The Morgan fingerprint density at radius 1 is 1.46 bits per heavy atom. The molecule has 0 unspecified atom stereocenters. The van der Waals surface area contributed by atoms with Gasteiger partial charge in [-0.05, 0) is 6.07 Å². The van der Waals surface area contributed by atoms with Crippen LogP contribution in [-0.2, 0) is 20.9 Å². The summed E-state index contributed by atoms with van der Waals surface area (Å²) >= 11 is 0. The second-order valence-electron chi connectivity index (χ2n) is 6.32. The van der Waals surface area contributed by atoms with Gasteiger partial charge in [0.1, 0.15) is 24.7 Å². The summed E-state index contributed by atoms with van der Waals surface area (Å²) in [5.41, 5.74) is 5.46. The average Bonchev–Trinajstić information content (AvgIpc) is 2.62. The second-order valence-corrected chi connectivity index (χ2v) is 6.32. The summed E-state index contributed by atoms with van der Waals surface area (Å²) in [5, 5.41) is 7.06. The van der Waals surface area contributed by atoms with E-state index in [1.165, 1.54) is 29.3 Å². The minimum absolute atomic E-state index is 0.0175. The van der Waals surface area contributed by atoms with E-state index in [4.69, 9.17) is 24.7 Å². The van der Waals surface area contributed by atoms with Gasteiger partial charge in [0.15, 0.2) is 11.6 Å². The lowest BCUT2D eigenvalue weighted by Crippen LogP contribution is -2.52. The van der Waals surface area contributed by atoms with Gasteiger partial charge >= 0.3 is 5.97 Å². The van der Waals surface area contributed by atoms with Crippen LogP contribution in [0, 0.1) is 17.0 Å². The molecule has 0 amide bonds. The zero-order valence-corrected chi connectivity index (χ0v) is 14.7. The number of esters is 1. The van der Waals surface area contributed by atoms with Gasteiger partial charge in [-0.3, -0.25) is 10.2 Å². The number of nitrogens with two attached hydrogens (primary N) is 1. The number of aromatic nitrogens is 1. The van der Waals surface area contributed by atoms with Crippen LogP contribution in [0.25, 0.3) is 11.1 Å². The molecule has 1 aliphatic heterocycles. The highest BCUT2D eigenvalue weighted by atomic mass is 19.1. The number of rotatable bonds is 7. The Balaban J connectivity index is 1.70. The molecule has 0 spiro atoms. The number of pyridine rings is 1. The number of carbonyl (C=O) groups excluding carboxylic acids is 1. The molecule has 2 heterocycles. The van der Waals surface area contributed by atoms with Crippen molar-refractivity contribution in [2.45, 2.75) is 19.1 Å². The molecule has 28 heavy (non-hydrogen) atoms. The van der Waals surface area contributed by atoms with Crippen molar-refractivity contribution in [2.24, 2.45) is 5.73 Å². The lowest BCUT2D eigenvalue weighted by molar-refractivity contribution is -0.143. The molecule has 1 fully saturated rings. The topological polar surface area (TPSA) is 102 Å². The summed E-state index contributed by atoms with van der Waals surface area (Å²) in [4.78, 5) is 17.1. The summed E-state index contributed by atoms with van der Waals surface area (Å²) in [6.07, 6.45) is 0.362. The molecular formula is C19H20F2N4O3. The van der Waals surface area contributed by atoms with Gasteiger partial charge < -0.3 is 20.1 Å². The maximum Gasteiger partial charge on any atom is 0.313 e. The van der Waals surface area contributed by atoms with Crippen molar-refractivity contribution in [3.05, 3.63) is 47.7 Å². The number of amidine groups is 1. The van der Waals surface area contributed by atoms with Crippen LogP contribution in [0.3, 0.4) is 0 Å². The lowest BCUT2D eigenvalue weighted by Gasteiger charge is -2.39. The highest BCUT2D eigenvalue weighted by Gasteiger charge is 2.29. The molecule has 0 bridgehead atoms. The molecule has 1 saturated heterocycles. The Morgan fingerprint density at radius 3 is 2.93 bits per heavy atom. The monoisotopic (exact) mass is 393 g/mol. The van der Waals surface area contributed by atoms with E-state index in [1.807, 2.05) is 0 Å². The molecule has 1 aromatic heterocycles. The van der Waals surface area contributed by atoms with Crippen LogP contribution in [0.4, 0.5) is 14.6 Å². The van der Waals surface area contributed by atoms with E-state index in [1.54, 1.807) is 0 Å². The SMILES string of the molecule is [2H]C([2H])([2H])OC1CN(c2ncc(-c3cccc(COC(=O)CC(=N)N)c3F)cc2F)C1. The normalized spacial score (nSPS) is 15.9. The second kappa shape index (κ2) is 8.30. The third-order valence-corrected chi connectivity index (χ3v) is 4.25. The summed E-state index contributed by atoms with van der Waals surface area (Å²) in [5.74, 6) is -2.49. The molecule has 0 atom stereocenters. The van der Waals surface area contributed by atoms with Gasteiger partial charge in [-0.15, -0.1) is 0 Å². The molecule has 1 aliphatic rings. The molecule has 0 radical (unpaired) electrons. The van der Waals surface area contributed by atoms with Gasteiger partial charge in [-0.25, -0.2) is 13.8 Å². The third kappa shape index (κ3) is 4.25. The Kier molecular flexibility index (Phi) is 4.73. The van der Waals surface area contributed by atoms with Gasteiger partial charge in [-0.1, -0.05) is 18.2 Å². The number of anilines is 1. The minimum Gasteiger partial charge on any atom is -0.460 e. The van der Waals surface area contributed by atoms with Crippen LogP contribution in [0.5, 0.6) is 0 Å². The zero-order chi connectivity index (χ0) is 22.8. The Morgan fingerprint density at radius 2 is 2.25 bits per heavy atom. The molecule has 0 aliphatic carbocycles. The lowest BCUT2D eigenvalue weighted by atomic mass is 10.0. The van der Waals surface area contributed by atoms with Crippen LogP contribution in [0.15, 0.2) is 30.5 Å². The van der Waals surface area contributed by atoms with Crippen LogP contribution in [0.1, 0.15) is 16.1 Å². The van der Waals surface area contributed by atoms with Crippen molar-refractivity contribution in [1.29, 1.82) is 5.41 Å². The summed E-state index contributed by atoms with van der Waals surface area (Å²) in [6, 6.07) is 5.52. The van der Waals surface area contributed by atoms with E-state index in [0.29, 0.717) is 0 Å². The summed E-state index contributed by atoms with van der Waals surface area (Å²) in [6.45, 7) is -0.00724. The van der Waals surface area contributed by atoms with Crippen molar-refractivity contribution in [3.63, 3.8) is 0 Å². The van der Waals surface area contributed by atoms with Crippen molar-refractivity contribution in [3.8, 4) is 11.1 Å². The molecule has 1 aromatic carbocycles. The number of nitrogens with one attached hydrogen (secondary N) is 1. The molecule has 3 N–H and O–H groups in total. The minimum atomic E-state index is -2.52. The zero-order valence-electron chi connectivity index (χ0n) is 17.7. The van der Waals surface area contributed by atoms with Crippen molar-refractivity contribution in [2.75, 3.05) is 25.0 Å². The molecule has 3 rings (SSSR count). The van der Waals surface area contributed by atoms with E-state index in [2.05, 4.69) is 4.98 Å². The number of hydrogen-bond acceptors (Lipinski definition) is 6. The Bertz CT molecular complexity index is 998. The first-order valence-corrected chi connectivity index (χ1v) is 8.38. The summed E-state index contributed by atoms with van der Waals surface area (Å²) < 4.78 is 60.5. The van der Waals surface area contributed by atoms with Gasteiger partial charge in [0, 0.05) is 43.0 Å². The number of hydrogen-bond donors (Lipinski definition) is 2. The van der Waals surface area contributed by atoms with Crippen LogP contribution >= 0.6 is 0 Å². The third-order valence-electron chi connectivity index (χ3n) is 4.25. The van der Waals surface area contributed by atoms with Gasteiger partial charge in [-0.2, -0.15) is 0 Å². The molecule has 2 aromatic rings. The van der Waals surface area contributed by atoms with E-state index in [0.717, 1.165) is 6.07 Å². The van der Waals surface area contributed by atoms with E-state index >= 15 is 0 Å². The van der Waals surface area contributed by atoms with Gasteiger partial charge in [0.25, 0.3) is 0 Å². The van der Waals surface area contributed by atoms with Gasteiger partial charge in [0.2, 0.25) is 0 Å². The molecule has 148 valence electrons. The summed E-state index contributed by atoms with van der Waals surface area (Å²) in [7, 11) is -2.52. The smallest absolute Gasteiger partial charge is 0.313 e. The maximum absolute atomic E-state index is 14.9. The highest BCUT2D eigenvalue weighted by molar-refractivity contribution is 5.94. The predicted octanol–water partition coefficient (Wildman–Crippen LogP) is 2.23. The highest BCUT2D eigenvalue weighted by Crippen LogP contribution is 2.29. The van der Waals surface area contributed by atoms with Crippen LogP contribution in [-0.4, -0.2) is 43.0 Å². The fraction of sp³-hybridized carbons (Fsp3) is 0.316. The van der Waals surface area contributed by atoms with Crippen molar-refractivity contribution < 1.29 is 27.2 Å². The van der Waals surface area contributed by atoms with Crippen molar-refractivity contribution in [1.82, 2.24) is 4.98 Å². The van der Waals surface area contributed by atoms with E-state index in [9.17, 15) is 13.6 Å². The maximum atomic E-state index is 14.9. The van der Waals surface area contributed by atoms with E-state index in [-0.39, 0.29) is 48.0 Å².